The number of anilines is 1. The van der Waals surface area contributed by atoms with Crippen LogP contribution in [0.15, 0.2) is 42.7 Å². The maximum absolute atomic E-state index is 12.8. The molecule has 1 aromatic heterocycles. The summed E-state index contributed by atoms with van der Waals surface area (Å²) in [6, 6.07) is 7.19. The maximum atomic E-state index is 12.8. The van der Waals surface area contributed by atoms with Crippen LogP contribution in [0.5, 0.6) is 0 Å². The second-order valence-electron chi connectivity index (χ2n) is 4.13. The smallest absolute Gasteiger partial charge is 0.545 e. The maximum Gasteiger partial charge on any atom is 1.00 e. The molecule has 0 aliphatic carbocycles. The molecule has 2 aromatic rings. The van der Waals surface area contributed by atoms with Gasteiger partial charge >= 0.3 is 18.9 Å². The second-order valence-corrected chi connectivity index (χ2v) is 4.13. The minimum absolute atomic E-state index is 0. The van der Waals surface area contributed by atoms with Gasteiger partial charge in [-0.2, -0.15) is 0 Å². The van der Waals surface area contributed by atoms with Crippen molar-refractivity contribution in [2.24, 2.45) is 0 Å². The number of carbonyl (C=O) groups excluding carboxylic acids is 1. The van der Waals surface area contributed by atoms with Gasteiger partial charge in [-0.1, -0.05) is 12.1 Å². The molecule has 20 heavy (non-hydrogen) atoms. The largest absolute Gasteiger partial charge is 1.00 e. The van der Waals surface area contributed by atoms with Crippen molar-refractivity contribution in [3.05, 3.63) is 59.7 Å². The number of carbonyl (C=O) groups is 1. The number of pyridine rings is 1. The standard InChI is InChI=1S/C14H13FN2O2.Li/c1-9(10-2-4-11(15)5-3-10)17-13-8-16-7-6-12(13)14(18)19;/h2-9,17H,1H3,(H,18,19);/q;+1/p-1/t9-;/m0./s1. The minimum atomic E-state index is -1.27. The van der Waals surface area contributed by atoms with Gasteiger partial charge in [0.25, 0.3) is 0 Å². The van der Waals surface area contributed by atoms with Gasteiger partial charge in [-0.25, -0.2) is 4.39 Å². The summed E-state index contributed by atoms with van der Waals surface area (Å²) < 4.78 is 12.8. The molecular formula is C14H12FLiN2O2. The van der Waals surface area contributed by atoms with E-state index in [4.69, 9.17) is 0 Å². The molecule has 1 N–H and O–H groups in total. The first-order valence-corrected chi connectivity index (χ1v) is 5.75. The third kappa shape index (κ3) is 3.83. The second kappa shape index (κ2) is 7.08. The van der Waals surface area contributed by atoms with Crippen LogP contribution >= 0.6 is 0 Å². The van der Waals surface area contributed by atoms with E-state index in [0.29, 0.717) is 5.69 Å². The fraction of sp³-hybridized carbons (Fsp3) is 0.143. The van der Waals surface area contributed by atoms with Crippen LogP contribution in [-0.4, -0.2) is 11.0 Å². The topological polar surface area (TPSA) is 65.0 Å². The summed E-state index contributed by atoms with van der Waals surface area (Å²) in [6.45, 7) is 1.85. The van der Waals surface area contributed by atoms with Crippen LogP contribution in [-0.2, 0) is 0 Å². The number of halogens is 1. The van der Waals surface area contributed by atoms with E-state index in [1.54, 1.807) is 12.1 Å². The molecule has 1 heterocycles. The number of aromatic nitrogens is 1. The number of benzene rings is 1. The molecule has 0 saturated heterocycles. The summed E-state index contributed by atoms with van der Waals surface area (Å²) in [5.41, 5.74) is 1.26. The molecule has 2 rings (SSSR count). The van der Waals surface area contributed by atoms with E-state index >= 15 is 0 Å². The van der Waals surface area contributed by atoms with Crippen molar-refractivity contribution >= 4 is 11.7 Å². The number of hydrogen-bond acceptors (Lipinski definition) is 4. The van der Waals surface area contributed by atoms with Crippen LogP contribution in [0.4, 0.5) is 10.1 Å². The number of carboxylic acid groups (broad SMARTS) is 1. The number of rotatable bonds is 4. The zero-order valence-corrected chi connectivity index (χ0v) is 11.3. The Kier molecular flexibility index (Phi) is 5.75. The SMILES string of the molecule is C[C@H](Nc1cnccc1C(=O)[O-])c1ccc(F)cc1.[Li+]. The van der Waals surface area contributed by atoms with Crippen molar-refractivity contribution in [1.29, 1.82) is 0 Å². The quantitative estimate of drug-likeness (QED) is 0.703. The van der Waals surface area contributed by atoms with E-state index in [9.17, 15) is 14.3 Å². The summed E-state index contributed by atoms with van der Waals surface area (Å²) in [5.74, 6) is -1.58. The van der Waals surface area contributed by atoms with Crippen molar-refractivity contribution in [3.63, 3.8) is 0 Å². The number of carboxylic acids is 1. The molecule has 0 radical (unpaired) electrons. The average molecular weight is 266 g/mol. The predicted molar refractivity (Wildman–Crippen MR) is 67.0 cm³/mol. The Bertz CT molecular complexity index is 590. The van der Waals surface area contributed by atoms with E-state index in [0.717, 1.165) is 5.56 Å². The van der Waals surface area contributed by atoms with Gasteiger partial charge in [0.15, 0.2) is 0 Å². The minimum Gasteiger partial charge on any atom is -0.545 e. The van der Waals surface area contributed by atoms with Gasteiger partial charge in [0.05, 0.1) is 17.9 Å². The van der Waals surface area contributed by atoms with Crippen LogP contribution in [0.25, 0.3) is 0 Å². The molecule has 4 nitrogen and oxygen atoms in total. The molecule has 0 unspecified atom stereocenters. The summed E-state index contributed by atoms with van der Waals surface area (Å²) in [4.78, 5) is 14.8. The molecule has 98 valence electrons. The molecular weight excluding hydrogens is 254 g/mol. The first kappa shape index (κ1) is 16.2. The van der Waals surface area contributed by atoms with Gasteiger partial charge < -0.3 is 15.2 Å². The molecule has 0 saturated carbocycles. The third-order valence-corrected chi connectivity index (χ3v) is 2.78. The fourth-order valence-corrected chi connectivity index (χ4v) is 1.76. The Morgan fingerprint density at radius 3 is 2.55 bits per heavy atom. The van der Waals surface area contributed by atoms with Gasteiger partial charge in [0, 0.05) is 17.8 Å². The Morgan fingerprint density at radius 1 is 1.30 bits per heavy atom. The van der Waals surface area contributed by atoms with Crippen molar-refractivity contribution in [1.82, 2.24) is 4.98 Å². The van der Waals surface area contributed by atoms with Gasteiger partial charge in [-0.15, -0.1) is 0 Å². The molecule has 0 fully saturated rings. The van der Waals surface area contributed by atoms with E-state index in [2.05, 4.69) is 10.3 Å². The number of nitrogens with zero attached hydrogens (tertiary/aromatic N) is 1. The molecule has 0 bridgehead atoms. The van der Waals surface area contributed by atoms with E-state index in [1.165, 1.54) is 30.6 Å². The summed E-state index contributed by atoms with van der Waals surface area (Å²) in [5, 5.41) is 14.0. The molecule has 0 spiro atoms. The first-order valence-electron chi connectivity index (χ1n) is 5.75. The van der Waals surface area contributed by atoms with E-state index in [-0.39, 0.29) is 36.3 Å². The first-order chi connectivity index (χ1) is 9.08. The van der Waals surface area contributed by atoms with Gasteiger partial charge in [0.2, 0.25) is 0 Å². The number of aromatic carboxylic acids is 1. The molecule has 0 aliphatic heterocycles. The predicted octanol–water partition coefficient (Wildman–Crippen LogP) is -1.24. The normalized spacial score (nSPS) is 11.3. The Hall–Kier alpha value is -1.83. The Morgan fingerprint density at radius 2 is 1.95 bits per heavy atom. The summed E-state index contributed by atoms with van der Waals surface area (Å²) in [6.07, 6.45) is 2.81. The summed E-state index contributed by atoms with van der Waals surface area (Å²) in [7, 11) is 0. The van der Waals surface area contributed by atoms with Crippen LogP contribution in [0, 0.1) is 5.82 Å². The van der Waals surface area contributed by atoms with Crippen LogP contribution in [0.2, 0.25) is 0 Å². The van der Waals surface area contributed by atoms with E-state index in [1.807, 2.05) is 6.92 Å². The zero-order valence-electron chi connectivity index (χ0n) is 11.3. The van der Waals surface area contributed by atoms with Gasteiger partial charge in [-0.05, 0) is 30.7 Å². The fourth-order valence-electron chi connectivity index (χ4n) is 1.76. The third-order valence-electron chi connectivity index (χ3n) is 2.78. The van der Waals surface area contributed by atoms with E-state index < -0.39 is 5.97 Å². The number of nitrogens with one attached hydrogen (secondary N) is 1. The Labute approximate surface area is 128 Å². The number of hydrogen-bond donors (Lipinski definition) is 1. The van der Waals surface area contributed by atoms with Crippen molar-refractivity contribution in [3.8, 4) is 0 Å². The van der Waals surface area contributed by atoms with Crippen molar-refractivity contribution in [2.75, 3.05) is 5.32 Å². The molecule has 0 aliphatic rings. The average Bonchev–Trinajstić information content (AvgIpc) is 2.39. The summed E-state index contributed by atoms with van der Waals surface area (Å²) >= 11 is 0. The van der Waals surface area contributed by atoms with Crippen LogP contribution < -0.4 is 29.3 Å². The van der Waals surface area contributed by atoms with Crippen LogP contribution in [0.3, 0.4) is 0 Å². The van der Waals surface area contributed by atoms with Crippen molar-refractivity contribution in [2.45, 2.75) is 13.0 Å². The van der Waals surface area contributed by atoms with Gasteiger partial charge in [-0.3, -0.25) is 4.98 Å². The monoisotopic (exact) mass is 266 g/mol. The zero-order chi connectivity index (χ0) is 13.8. The van der Waals surface area contributed by atoms with Crippen molar-refractivity contribution < 1.29 is 33.2 Å². The molecule has 1 aromatic carbocycles. The molecule has 6 heteroatoms. The Balaban J connectivity index is 0.00000200. The molecule has 0 amide bonds. The molecule has 1 atom stereocenters. The van der Waals surface area contributed by atoms with Crippen LogP contribution in [0.1, 0.15) is 28.9 Å². The van der Waals surface area contributed by atoms with Gasteiger partial charge in [0.1, 0.15) is 5.82 Å².